The maximum absolute atomic E-state index is 9.05. The molecule has 0 aliphatic heterocycles. The van der Waals surface area contributed by atoms with Gasteiger partial charge < -0.3 is 5.11 Å². The summed E-state index contributed by atoms with van der Waals surface area (Å²) in [6.07, 6.45) is 0. The van der Waals surface area contributed by atoms with Crippen LogP contribution >= 0.6 is 45.5 Å². The van der Waals surface area contributed by atoms with Gasteiger partial charge in [0.1, 0.15) is 0 Å². The van der Waals surface area contributed by atoms with Crippen molar-refractivity contribution in [3.05, 3.63) is 31.7 Å². The van der Waals surface area contributed by atoms with Crippen molar-refractivity contribution < 1.29 is 5.11 Å². The number of rotatable bonds is 1. The minimum atomic E-state index is 0.0803. The first kappa shape index (κ1) is 9.71. The third-order valence-corrected chi connectivity index (χ3v) is 4.39. The maximum Gasteiger partial charge on any atom is 0.0696 e. The van der Waals surface area contributed by atoms with E-state index >= 15 is 0 Å². The standard InChI is InChI=1S/C9H6ClIOS/c10-7-1-6-5(3-12)4-13-9(6)2-8(7)11/h1-2,4,12H,3H2. The topological polar surface area (TPSA) is 20.2 Å². The fourth-order valence-corrected chi connectivity index (χ4v) is 3.01. The van der Waals surface area contributed by atoms with Gasteiger partial charge in [0.2, 0.25) is 0 Å². The van der Waals surface area contributed by atoms with Crippen LogP contribution in [0.15, 0.2) is 17.5 Å². The summed E-state index contributed by atoms with van der Waals surface area (Å²) in [5.74, 6) is 0. The predicted molar refractivity (Wildman–Crippen MR) is 65.5 cm³/mol. The summed E-state index contributed by atoms with van der Waals surface area (Å²) in [6.45, 7) is 0.0803. The molecule has 0 bridgehead atoms. The molecular formula is C9H6ClIOS. The van der Waals surface area contributed by atoms with E-state index in [9.17, 15) is 0 Å². The second-order valence-corrected chi connectivity index (χ2v) is 5.16. The number of aliphatic hydroxyl groups excluding tert-OH is 1. The Bertz CT molecular complexity index is 452. The Morgan fingerprint density at radius 3 is 2.92 bits per heavy atom. The van der Waals surface area contributed by atoms with Crippen LogP contribution < -0.4 is 0 Å². The zero-order valence-electron chi connectivity index (χ0n) is 6.55. The zero-order chi connectivity index (χ0) is 9.42. The van der Waals surface area contributed by atoms with Gasteiger partial charge in [-0.25, -0.2) is 0 Å². The van der Waals surface area contributed by atoms with Crippen LogP contribution in [0.1, 0.15) is 5.56 Å². The zero-order valence-corrected chi connectivity index (χ0v) is 10.3. The Balaban J connectivity index is 2.77. The van der Waals surface area contributed by atoms with E-state index in [2.05, 4.69) is 22.6 Å². The molecule has 0 amide bonds. The van der Waals surface area contributed by atoms with Crippen molar-refractivity contribution in [1.82, 2.24) is 0 Å². The SMILES string of the molecule is OCc1csc2cc(I)c(Cl)cc12. The quantitative estimate of drug-likeness (QED) is 0.794. The molecule has 1 nitrogen and oxygen atoms in total. The van der Waals surface area contributed by atoms with Crippen molar-refractivity contribution >= 4 is 55.6 Å². The molecule has 0 saturated carbocycles. The Morgan fingerprint density at radius 2 is 2.23 bits per heavy atom. The van der Waals surface area contributed by atoms with Crippen molar-refractivity contribution in [2.24, 2.45) is 0 Å². The Morgan fingerprint density at radius 1 is 1.46 bits per heavy atom. The molecule has 0 aliphatic carbocycles. The molecule has 0 radical (unpaired) electrons. The average Bonchev–Trinajstić information content (AvgIpc) is 2.48. The lowest BCUT2D eigenvalue weighted by Gasteiger charge is -1.97. The third-order valence-electron chi connectivity index (χ3n) is 1.87. The van der Waals surface area contributed by atoms with E-state index in [1.54, 1.807) is 11.3 Å². The van der Waals surface area contributed by atoms with Crippen LogP contribution in [0.3, 0.4) is 0 Å². The number of thiophene rings is 1. The summed E-state index contributed by atoms with van der Waals surface area (Å²) in [6, 6.07) is 3.96. The molecule has 2 rings (SSSR count). The van der Waals surface area contributed by atoms with Crippen molar-refractivity contribution in [3.63, 3.8) is 0 Å². The van der Waals surface area contributed by atoms with Gasteiger partial charge in [0.05, 0.1) is 11.6 Å². The van der Waals surface area contributed by atoms with E-state index in [-0.39, 0.29) is 6.61 Å². The molecule has 1 heterocycles. The second kappa shape index (κ2) is 3.73. The van der Waals surface area contributed by atoms with Gasteiger partial charge in [0.15, 0.2) is 0 Å². The van der Waals surface area contributed by atoms with Crippen LogP contribution in [0.4, 0.5) is 0 Å². The van der Waals surface area contributed by atoms with Gasteiger partial charge in [-0.3, -0.25) is 0 Å². The van der Waals surface area contributed by atoms with Crippen molar-refractivity contribution in [1.29, 1.82) is 0 Å². The summed E-state index contributed by atoms with van der Waals surface area (Å²) in [7, 11) is 0. The lowest BCUT2D eigenvalue weighted by molar-refractivity contribution is 0.284. The third kappa shape index (κ3) is 1.70. The molecule has 0 aliphatic rings. The Labute approximate surface area is 98.5 Å². The van der Waals surface area contributed by atoms with Crippen molar-refractivity contribution in [2.45, 2.75) is 6.61 Å². The molecule has 13 heavy (non-hydrogen) atoms. The highest BCUT2D eigenvalue weighted by molar-refractivity contribution is 14.1. The van der Waals surface area contributed by atoms with E-state index in [1.165, 1.54) is 4.70 Å². The first-order valence-electron chi connectivity index (χ1n) is 3.68. The summed E-state index contributed by atoms with van der Waals surface area (Å²) in [5, 5.41) is 12.8. The maximum atomic E-state index is 9.05. The fourth-order valence-electron chi connectivity index (χ4n) is 1.20. The minimum Gasteiger partial charge on any atom is -0.392 e. The van der Waals surface area contributed by atoms with Gasteiger partial charge in [0, 0.05) is 8.27 Å². The van der Waals surface area contributed by atoms with Gasteiger partial charge in [-0.2, -0.15) is 0 Å². The lowest BCUT2D eigenvalue weighted by atomic mass is 10.2. The molecule has 4 heteroatoms. The normalized spacial score (nSPS) is 11.0. The Hall–Kier alpha value is 0.160. The average molecular weight is 325 g/mol. The Kier molecular flexibility index (Phi) is 2.78. The molecule has 0 unspecified atom stereocenters. The molecule has 1 aromatic carbocycles. The lowest BCUT2D eigenvalue weighted by Crippen LogP contribution is -1.80. The highest BCUT2D eigenvalue weighted by Gasteiger charge is 2.06. The van der Waals surface area contributed by atoms with E-state index in [0.717, 1.165) is 19.5 Å². The highest BCUT2D eigenvalue weighted by Crippen LogP contribution is 2.31. The number of hydrogen-bond donors (Lipinski definition) is 1. The molecule has 0 spiro atoms. The van der Waals surface area contributed by atoms with E-state index in [0.29, 0.717) is 0 Å². The highest BCUT2D eigenvalue weighted by atomic mass is 127. The van der Waals surface area contributed by atoms with Crippen LogP contribution in [0.2, 0.25) is 5.02 Å². The first-order valence-corrected chi connectivity index (χ1v) is 6.02. The van der Waals surface area contributed by atoms with E-state index in [1.807, 2.05) is 17.5 Å². The van der Waals surface area contributed by atoms with Gasteiger partial charge in [0.25, 0.3) is 0 Å². The molecular weight excluding hydrogens is 319 g/mol. The molecule has 0 fully saturated rings. The molecule has 68 valence electrons. The first-order chi connectivity index (χ1) is 6.22. The number of hydrogen-bond acceptors (Lipinski definition) is 2. The largest absolute Gasteiger partial charge is 0.392 e. The van der Waals surface area contributed by atoms with Crippen molar-refractivity contribution in [3.8, 4) is 0 Å². The molecule has 2 aromatic rings. The minimum absolute atomic E-state index is 0.0803. The number of fused-ring (bicyclic) bond motifs is 1. The van der Waals surface area contributed by atoms with Gasteiger partial charge >= 0.3 is 0 Å². The van der Waals surface area contributed by atoms with Crippen LogP contribution in [-0.4, -0.2) is 5.11 Å². The molecule has 0 saturated heterocycles. The number of benzene rings is 1. The summed E-state index contributed by atoms with van der Waals surface area (Å²) in [5.41, 5.74) is 0.957. The fraction of sp³-hybridized carbons (Fsp3) is 0.111. The van der Waals surface area contributed by atoms with Gasteiger partial charge in [-0.1, -0.05) is 11.6 Å². The van der Waals surface area contributed by atoms with Crippen molar-refractivity contribution in [2.75, 3.05) is 0 Å². The van der Waals surface area contributed by atoms with Crippen LogP contribution in [0, 0.1) is 3.57 Å². The molecule has 1 N–H and O–H groups in total. The summed E-state index contributed by atoms with van der Waals surface area (Å²) >= 11 is 9.83. The number of aliphatic hydroxyl groups is 1. The van der Waals surface area contributed by atoms with Crippen LogP contribution in [0.5, 0.6) is 0 Å². The van der Waals surface area contributed by atoms with Crippen LogP contribution in [-0.2, 0) is 6.61 Å². The predicted octanol–water partition coefficient (Wildman–Crippen LogP) is 3.65. The smallest absolute Gasteiger partial charge is 0.0696 e. The van der Waals surface area contributed by atoms with Crippen LogP contribution in [0.25, 0.3) is 10.1 Å². The molecule has 1 aromatic heterocycles. The summed E-state index contributed by atoms with van der Waals surface area (Å²) < 4.78 is 2.23. The summed E-state index contributed by atoms with van der Waals surface area (Å²) in [4.78, 5) is 0. The number of halogens is 2. The van der Waals surface area contributed by atoms with E-state index in [4.69, 9.17) is 16.7 Å². The van der Waals surface area contributed by atoms with Gasteiger partial charge in [-0.05, 0) is 51.1 Å². The van der Waals surface area contributed by atoms with Gasteiger partial charge in [-0.15, -0.1) is 11.3 Å². The monoisotopic (exact) mass is 324 g/mol. The second-order valence-electron chi connectivity index (χ2n) is 2.68. The van der Waals surface area contributed by atoms with E-state index < -0.39 is 0 Å². The molecule has 0 atom stereocenters.